The van der Waals surface area contributed by atoms with Crippen molar-refractivity contribution in [3.8, 4) is 6.07 Å². The average Bonchev–Trinajstić information content (AvgIpc) is 2.65. The van der Waals surface area contributed by atoms with Gasteiger partial charge in [-0.15, -0.1) is 0 Å². The van der Waals surface area contributed by atoms with E-state index in [2.05, 4.69) is 4.72 Å². The molecule has 1 N–H and O–H groups in total. The second-order valence-electron chi connectivity index (χ2n) is 4.42. The molecule has 0 aromatic heterocycles. The molecular weight excluding hydrogens is 318 g/mol. The van der Waals surface area contributed by atoms with Gasteiger partial charge in [0.15, 0.2) is 0 Å². The zero-order valence-corrected chi connectivity index (χ0v) is 12.4. The Morgan fingerprint density at radius 2 is 2.10 bits per heavy atom. The van der Waals surface area contributed by atoms with Crippen molar-refractivity contribution in [2.24, 2.45) is 0 Å². The lowest BCUT2D eigenvalue weighted by Crippen LogP contribution is -2.40. The molecule has 110 valence electrons. The van der Waals surface area contributed by atoms with Crippen molar-refractivity contribution in [1.29, 1.82) is 5.26 Å². The highest BCUT2D eigenvalue weighted by atomic mass is 35.5. The normalized spacial score (nSPS) is 18.9. The maximum atomic E-state index is 12.2. The molecular formula is C12H10ClN3O4S. The fraction of sp³-hybridized carbons (Fsp3) is 0.250. The van der Waals surface area contributed by atoms with Crippen molar-refractivity contribution in [2.75, 3.05) is 7.05 Å². The van der Waals surface area contributed by atoms with Gasteiger partial charge in [-0.1, -0.05) is 11.6 Å². The first kappa shape index (κ1) is 15.4. The van der Waals surface area contributed by atoms with E-state index in [-0.39, 0.29) is 21.9 Å². The summed E-state index contributed by atoms with van der Waals surface area (Å²) in [5, 5.41) is 8.74. The Morgan fingerprint density at radius 3 is 2.57 bits per heavy atom. The van der Waals surface area contributed by atoms with Crippen LogP contribution in [0.3, 0.4) is 0 Å². The fourth-order valence-electron chi connectivity index (χ4n) is 1.86. The third kappa shape index (κ3) is 2.90. The molecule has 0 saturated carbocycles. The maximum Gasteiger partial charge on any atom is 0.247 e. The SMILES string of the molecule is CN1C(=O)CC(NS(=O)(=O)c2ccc(C#N)c(Cl)c2)C1=O. The number of rotatable bonds is 3. The van der Waals surface area contributed by atoms with E-state index in [1.54, 1.807) is 0 Å². The lowest BCUT2D eigenvalue weighted by molar-refractivity contribution is -0.137. The quantitative estimate of drug-likeness (QED) is 0.800. The van der Waals surface area contributed by atoms with Crippen molar-refractivity contribution in [1.82, 2.24) is 9.62 Å². The molecule has 0 spiro atoms. The third-order valence-corrected chi connectivity index (χ3v) is 4.83. The Morgan fingerprint density at radius 1 is 1.43 bits per heavy atom. The molecule has 0 bridgehead atoms. The maximum absolute atomic E-state index is 12.2. The minimum Gasteiger partial charge on any atom is -0.284 e. The van der Waals surface area contributed by atoms with Gasteiger partial charge in [0.2, 0.25) is 21.8 Å². The highest BCUT2D eigenvalue weighted by Gasteiger charge is 2.38. The molecule has 7 nitrogen and oxygen atoms in total. The molecule has 1 heterocycles. The number of halogens is 1. The zero-order chi connectivity index (χ0) is 15.8. The van der Waals surface area contributed by atoms with Crippen LogP contribution < -0.4 is 4.72 Å². The van der Waals surface area contributed by atoms with Crippen LogP contribution >= 0.6 is 11.6 Å². The molecule has 2 rings (SSSR count). The van der Waals surface area contributed by atoms with Crippen LogP contribution in [-0.2, 0) is 19.6 Å². The molecule has 0 aliphatic carbocycles. The summed E-state index contributed by atoms with van der Waals surface area (Å²) in [6.07, 6.45) is -0.224. The van der Waals surface area contributed by atoms with Gasteiger partial charge in [-0.3, -0.25) is 14.5 Å². The standard InChI is InChI=1S/C12H10ClN3O4S/c1-16-11(17)5-10(12(16)18)15-21(19,20)8-3-2-7(6-14)9(13)4-8/h2-4,10,15H,5H2,1H3. The largest absolute Gasteiger partial charge is 0.284 e. The summed E-state index contributed by atoms with van der Waals surface area (Å²) in [5.74, 6) is -1.06. The summed E-state index contributed by atoms with van der Waals surface area (Å²) < 4.78 is 26.5. The second-order valence-corrected chi connectivity index (χ2v) is 6.54. The van der Waals surface area contributed by atoms with Crippen LogP contribution in [0, 0.1) is 11.3 Å². The number of amides is 2. The van der Waals surface area contributed by atoms with Gasteiger partial charge in [0, 0.05) is 7.05 Å². The van der Waals surface area contributed by atoms with Crippen LogP contribution in [-0.4, -0.2) is 38.2 Å². The summed E-state index contributed by atoms with van der Waals surface area (Å²) in [4.78, 5) is 23.8. The number of hydrogen-bond donors (Lipinski definition) is 1. The van der Waals surface area contributed by atoms with Crippen LogP contribution in [0.25, 0.3) is 0 Å². The lowest BCUT2D eigenvalue weighted by atomic mass is 10.2. The molecule has 1 atom stereocenters. The minimum absolute atomic E-state index is 0.00804. The minimum atomic E-state index is -4.01. The smallest absolute Gasteiger partial charge is 0.247 e. The monoisotopic (exact) mass is 327 g/mol. The van der Waals surface area contributed by atoms with E-state index in [1.165, 1.54) is 19.2 Å². The van der Waals surface area contributed by atoms with Gasteiger partial charge in [-0.25, -0.2) is 8.42 Å². The van der Waals surface area contributed by atoms with Crippen molar-refractivity contribution in [2.45, 2.75) is 17.4 Å². The Labute approximate surface area is 126 Å². The predicted octanol–water partition coefficient (Wildman–Crippen LogP) is 0.247. The molecule has 1 unspecified atom stereocenters. The van der Waals surface area contributed by atoms with Crippen LogP contribution in [0.1, 0.15) is 12.0 Å². The van der Waals surface area contributed by atoms with E-state index in [0.29, 0.717) is 0 Å². The molecule has 0 radical (unpaired) electrons. The number of nitrogens with zero attached hydrogens (tertiary/aromatic N) is 2. The molecule has 1 aromatic rings. The zero-order valence-electron chi connectivity index (χ0n) is 10.8. The van der Waals surface area contributed by atoms with Gasteiger partial charge in [0.05, 0.1) is 21.9 Å². The van der Waals surface area contributed by atoms with Crippen LogP contribution in [0.15, 0.2) is 23.1 Å². The van der Waals surface area contributed by atoms with E-state index in [1.807, 2.05) is 6.07 Å². The molecule has 1 aliphatic heterocycles. The molecule has 1 aliphatic rings. The first-order valence-electron chi connectivity index (χ1n) is 5.78. The highest BCUT2D eigenvalue weighted by molar-refractivity contribution is 7.89. The van der Waals surface area contributed by atoms with Crippen LogP contribution in [0.2, 0.25) is 5.02 Å². The first-order valence-corrected chi connectivity index (χ1v) is 7.65. The number of sulfonamides is 1. The van der Waals surface area contributed by atoms with Crippen LogP contribution in [0.5, 0.6) is 0 Å². The van der Waals surface area contributed by atoms with E-state index in [9.17, 15) is 18.0 Å². The van der Waals surface area contributed by atoms with Gasteiger partial charge in [0.25, 0.3) is 0 Å². The summed E-state index contributed by atoms with van der Waals surface area (Å²) in [6.45, 7) is 0. The molecule has 21 heavy (non-hydrogen) atoms. The second kappa shape index (κ2) is 5.44. The number of imide groups is 1. The molecule has 1 aromatic carbocycles. The number of likely N-dealkylation sites (tertiary alicyclic amines) is 1. The van der Waals surface area contributed by atoms with Gasteiger partial charge < -0.3 is 0 Å². The van der Waals surface area contributed by atoms with E-state index in [4.69, 9.17) is 16.9 Å². The van der Waals surface area contributed by atoms with Crippen molar-refractivity contribution in [3.05, 3.63) is 28.8 Å². The number of likely N-dealkylation sites (N-methyl/N-ethyl adjacent to an activating group) is 1. The Balaban J connectivity index is 2.28. The van der Waals surface area contributed by atoms with Gasteiger partial charge in [-0.05, 0) is 18.2 Å². The number of hydrogen-bond acceptors (Lipinski definition) is 5. The number of carbonyl (C=O) groups excluding carboxylic acids is 2. The van der Waals surface area contributed by atoms with Gasteiger partial charge in [0.1, 0.15) is 12.1 Å². The predicted molar refractivity (Wildman–Crippen MR) is 72.7 cm³/mol. The van der Waals surface area contributed by atoms with E-state index >= 15 is 0 Å². The summed E-state index contributed by atoms with van der Waals surface area (Å²) in [6, 6.07) is 4.28. The van der Waals surface area contributed by atoms with Crippen molar-refractivity contribution < 1.29 is 18.0 Å². The van der Waals surface area contributed by atoms with Gasteiger partial charge in [-0.2, -0.15) is 9.98 Å². The average molecular weight is 328 g/mol. The van der Waals surface area contributed by atoms with Crippen LogP contribution in [0.4, 0.5) is 0 Å². The highest BCUT2D eigenvalue weighted by Crippen LogP contribution is 2.21. The van der Waals surface area contributed by atoms with Crippen molar-refractivity contribution in [3.63, 3.8) is 0 Å². The topological polar surface area (TPSA) is 107 Å². The Hall–Kier alpha value is -1.95. The molecule has 1 fully saturated rings. The fourth-order valence-corrected chi connectivity index (χ4v) is 3.36. The number of carbonyl (C=O) groups is 2. The molecule has 9 heteroatoms. The first-order chi connectivity index (χ1) is 9.76. The molecule has 1 saturated heterocycles. The Kier molecular flexibility index (Phi) is 4.00. The van der Waals surface area contributed by atoms with E-state index in [0.717, 1.165) is 11.0 Å². The summed E-state index contributed by atoms with van der Waals surface area (Å²) in [7, 11) is -2.73. The summed E-state index contributed by atoms with van der Waals surface area (Å²) >= 11 is 5.78. The number of nitriles is 1. The van der Waals surface area contributed by atoms with Crippen molar-refractivity contribution >= 4 is 33.4 Å². The summed E-state index contributed by atoms with van der Waals surface area (Å²) in [5.41, 5.74) is 0.141. The Bertz CT molecular complexity index is 769. The lowest BCUT2D eigenvalue weighted by Gasteiger charge is -2.12. The van der Waals surface area contributed by atoms with E-state index < -0.39 is 27.9 Å². The number of benzene rings is 1. The molecule has 2 amide bonds. The third-order valence-electron chi connectivity index (χ3n) is 3.05. The van der Waals surface area contributed by atoms with Gasteiger partial charge >= 0.3 is 0 Å². The number of nitrogens with one attached hydrogen (secondary N) is 1.